The summed E-state index contributed by atoms with van der Waals surface area (Å²) in [6, 6.07) is -0.774. The van der Waals surface area contributed by atoms with Crippen LogP contribution in [-0.4, -0.2) is 42.0 Å². The summed E-state index contributed by atoms with van der Waals surface area (Å²) in [5.41, 5.74) is 0. The quantitative estimate of drug-likeness (QED) is 0.785. The molecule has 1 fully saturated rings. The van der Waals surface area contributed by atoms with Gasteiger partial charge in [-0.15, -0.1) is 0 Å². The van der Waals surface area contributed by atoms with E-state index in [1.165, 1.54) is 0 Å². The molecule has 16 heavy (non-hydrogen) atoms. The van der Waals surface area contributed by atoms with Gasteiger partial charge in [0, 0.05) is 6.54 Å². The third kappa shape index (κ3) is 3.11. The zero-order valence-electron chi connectivity index (χ0n) is 8.80. The molecule has 0 aromatic rings. The number of piperazine rings is 1. The standard InChI is InChI=1S/C9H13F3N2O2/c1-2-6-8(16)13-5-7(15)14(6)4-3-9(10,11)12/h6H,2-5H2,1H3,(H,13,16). The fourth-order valence-corrected chi connectivity index (χ4v) is 1.63. The molecule has 0 saturated carbocycles. The van der Waals surface area contributed by atoms with Crippen molar-refractivity contribution >= 4 is 11.8 Å². The molecular formula is C9H13F3N2O2. The predicted octanol–water partition coefficient (Wildman–Crippen LogP) is 0.676. The molecular weight excluding hydrogens is 225 g/mol. The molecule has 92 valence electrons. The molecule has 0 radical (unpaired) electrons. The Morgan fingerprint density at radius 1 is 1.44 bits per heavy atom. The second-order valence-electron chi connectivity index (χ2n) is 3.59. The van der Waals surface area contributed by atoms with Crippen LogP contribution in [0.25, 0.3) is 0 Å². The molecule has 0 aromatic heterocycles. The Hall–Kier alpha value is -1.27. The molecule has 1 aliphatic heterocycles. The van der Waals surface area contributed by atoms with Crippen LogP contribution in [0.4, 0.5) is 13.2 Å². The number of rotatable bonds is 3. The van der Waals surface area contributed by atoms with Crippen LogP contribution in [0.2, 0.25) is 0 Å². The molecule has 1 saturated heterocycles. The van der Waals surface area contributed by atoms with Crippen molar-refractivity contribution in [3.8, 4) is 0 Å². The second kappa shape index (κ2) is 4.71. The minimum atomic E-state index is -4.31. The van der Waals surface area contributed by atoms with Crippen molar-refractivity contribution in [3.63, 3.8) is 0 Å². The van der Waals surface area contributed by atoms with Crippen LogP contribution in [-0.2, 0) is 9.59 Å². The first-order valence-corrected chi connectivity index (χ1v) is 4.99. The molecule has 7 heteroatoms. The Morgan fingerprint density at radius 2 is 2.06 bits per heavy atom. The smallest absolute Gasteiger partial charge is 0.345 e. The summed E-state index contributed by atoms with van der Waals surface area (Å²) in [7, 11) is 0. The molecule has 1 atom stereocenters. The summed E-state index contributed by atoms with van der Waals surface area (Å²) in [5, 5.41) is 2.35. The first-order chi connectivity index (χ1) is 7.35. The summed E-state index contributed by atoms with van der Waals surface area (Å²) in [5.74, 6) is -0.847. The molecule has 1 rings (SSSR count). The number of amides is 2. The molecule has 4 nitrogen and oxygen atoms in total. The second-order valence-corrected chi connectivity index (χ2v) is 3.59. The van der Waals surface area contributed by atoms with E-state index in [1.807, 2.05) is 0 Å². The highest BCUT2D eigenvalue weighted by atomic mass is 19.4. The minimum Gasteiger partial charge on any atom is -0.345 e. The highest BCUT2D eigenvalue weighted by Crippen LogP contribution is 2.21. The van der Waals surface area contributed by atoms with Crippen LogP contribution in [0.3, 0.4) is 0 Å². The first kappa shape index (κ1) is 12.8. The van der Waals surface area contributed by atoms with Gasteiger partial charge >= 0.3 is 6.18 Å². The maximum absolute atomic E-state index is 12.0. The maximum atomic E-state index is 12.0. The van der Waals surface area contributed by atoms with Gasteiger partial charge in [0.15, 0.2) is 0 Å². The van der Waals surface area contributed by atoms with Crippen LogP contribution >= 0.6 is 0 Å². The number of hydrogen-bond acceptors (Lipinski definition) is 2. The van der Waals surface area contributed by atoms with Gasteiger partial charge < -0.3 is 10.2 Å². The number of carbonyl (C=O) groups is 2. The lowest BCUT2D eigenvalue weighted by molar-refractivity contribution is -0.155. The molecule has 1 N–H and O–H groups in total. The fraction of sp³-hybridized carbons (Fsp3) is 0.778. The van der Waals surface area contributed by atoms with Crippen molar-refractivity contribution in [1.29, 1.82) is 0 Å². The molecule has 1 aliphatic rings. The molecule has 0 aliphatic carbocycles. The van der Waals surface area contributed by atoms with Crippen molar-refractivity contribution in [1.82, 2.24) is 10.2 Å². The average Bonchev–Trinajstić information content (AvgIpc) is 2.17. The normalized spacial score (nSPS) is 22.2. The van der Waals surface area contributed by atoms with Gasteiger partial charge in [-0.2, -0.15) is 13.2 Å². The topological polar surface area (TPSA) is 49.4 Å². The van der Waals surface area contributed by atoms with Gasteiger partial charge in [-0.1, -0.05) is 6.92 Å². The molecule has 1 unspecified atom stereocenters. The van der Waals surface area contributed by atoms with Crippen molar-refractivity contribution < 1.29 is 22.8 Å². The lowest BCUT2D eigenvalue weighted by atomic mass is 10.1. The van der Waals surface area contributed by atoms with E-state index in [0.717, 1.165) is 4.90 Å². The van der Waals surface area contributed by atoms with Crippen molar-refractivity contribution in [2.24, 2.45) is 0 Å². The number of nitrogens with one attached hydrogen (secondary N) is 1. The van der Waals surface area contributed by atoms with E-state index < -0.39 is 31.1 Å². The zero-order valence-corrected chi connectivity index (χ0v) is 8.80. The Labute approximate surface area is 90.8 Å². The molecule has 0 aromatic carbocycles. The van der Waals surface area contributed by atoms with Gasteiger partial charge in [0.05, 0.1) is 13.0 Å². The Kier molecular flexibility index (Phi) is 3.77. The number of nitrogens with zero attached hydrogens (tertiary/aromatic N) is 1. The van der Waals surface area contributed by atoms with Gasteiger partial charge in [0.25, 0.3) is 0 Å². The Balaban J connectivity index is 2.65. The van der Waals surface area contributed by atoms with Gasteiger partial charge in [-0.05, 0) is 6.42 Å². The summed E-state index contributed by atoms with van der Waals surface area (Å²) in [6.45, 7) is 0.991. The number of halogens is 3. The number of alkyl halides is 3. The maximum Gasteiger partial charge on any atom is 0.390 e. The lowest BCUT2D eigenvalue weighted by Gasteiger charge is -2.34. The highest BCUT2D eigenvalue weighted by Gasteiger charge is 2.36. The van der Waals surface area contributed by atoms with Crippen molar-refractivity contribution in [3.05, 3.63) is 0 Å². The zero-order chi connectivity index (χ0) is 12.3. The molecule has 1 heterocycles. The van der Waals surface area contributed by atoms with Gasteiger partial charge in [0.1, 0.15) is 6.04 Å². The molecule has 0 spiro atoms. The summed E-state index contributed by atoms with van der Waals surface area (Å²) in [6.07, 6.45) is -5.08. The van der Waals surface area contributed by atoms with Crippen LogP contribution in [0, 0.1) is 0 Å². The van der Waals surface area contributed by atoms with E-state index in [1.54, 1.807) is 6.92 Å². The summed E-state index contributed by atoms with van der Waals surface area (Å²) < 4.78 is 36.1. The van der Waals surface area contributed by atoms with Crippen LogP contribution in [0.1, 0.15) is 19.8 Å². The van der Waals surface area contributed by atoms with Gasteiger partial charge in [-0.25, -0.2) is 0 Å². The monoisotopic (exact) mass is 238 g/mol. The van der Waals surface area contributed by atoms with Crippen LogP contribution < -0.4 is 5.32 Å². The van der Waals surface area contributed by atoms with Gasteiger partial charge in [0.2, 0.25) is 11.8 Å². The summed E-state index contributed by atoms with van der Waals surface area (Å²) in [4.78, 5) is 23.7. The largest absolute Gasteiger partial charge is 0.390 e. The average molecular weight is 238 g/mol. The highest BCUT2D eigenvalue weighted by molar-refractivity contribution is 5.94. The van der Waals surface area contributed by atoms with Crippen molar-refractivity contribution in [2.45, 2.75) is 32.0 Å². The van der Waals surface area contributed by atoms with E-state index >= 15 is 0 Å². The van der Waals surface area contributed by atoms with Crippen LogP contribution in [0.15, 0.2) is 0 Å². The minimum absolute atomic E-state index is 0.215. The molecule has 0 bridgehead atoms. The molecule has 2 amide bonds. The number of carbonyl (C=O) groups excluding carboxylic acids is 2. The predicted molar refractivity (Wildman–Crippen MR) is 49.5 cm³/mol. The Bertz CT molecular complexity index is 291. The van der Waals surface area contributed by atoms with E-state index in [2.05, 4.69) is 5.32 Å². The lowest BCUT2D eigenvalue weighted by Crippen LogP contribution is -2.58. The van der Waals surface area contributed by atoms with Gasteiger partial charge in [-0.3, -0.25) is 9.59 Å². The third-order valence-corrected chi connectivity index (χ3v) is 2.44. The third-order valence-electron chi connectivity index (χ3n) is 2.44. The summed E-state index contributed by atoms with van der Waals surface area (Å²) >= 11 is 0. The SMILES string of the molecule is CCC1C(=O)NCC(=O)N1CCC(F)(F)F. The van der Waals surface area contributed by atoms with E-state index in [4.69, 9.17) is 0 Å². The van der Waals surface area contributed by atoms with E-state index in [9.17, 15) is 22.8 Å². The van der Waals surface area contributed by atoms with Crippen molar-refractivity contribution in [2.75, 3.05) is 13.1 Å². The van der Waals surface area contributed by atoms with Crippen LogP contribution in [0.5, 0.6) is 0 Å². The number of hydrogen-bond donors (Lipinski definition) is 1. The van der Waals surface area contributed by atoms with E-state index in [-0.39, 0.29) is 12.5 Å². The Morgan fingerprint density at radius 3 is 2.56 bits per heavy atom. The van der Waals surface area contributed by atoms with E-state index in [0.29, 0.717) is 6.42 Å². The first-order valence-electron chi connectivity index (χ1n) is 4.99. The fourth-order valence-electron chi connectivity index (χ4n) is 1.63.